The van der Waals surface area contributed by atoms with Crippen LogP contribution in [-0.2, 0) is 11.3 Å². The number of halogens is 2. The van der Waals surface area contributed by atoms with E-state index in [4.69, 9.17) is 11.6 Å². The Bertz CT molecular complexity index is 904. The first kappa shape index (κ1) is 13.9. The smallest absolute Gasteiger partial charge is 0.276 e. The van der Waals surface area contributed by atoms with Crippen molar-refractivity contribution in [2.75, 3.05) is 0 Å². The fourth-order valence-corrected chi connectivity index (χ4v) is 3.17. The zero-order chi connectivity index (χ0) is 15.0. The molecule has 0 unspecified atom stereocenters. The normalized spacial score (nSPS) is 11.0. The van der Waals surface area contributed by atoms with E-state index in [1.54, 1.807) is 17.6 Å². The molecule has 1 aromatic carbocycles. The maximum atomic E-state index is 13.3. The Labute approximate surface area is 127 Å². The topological polar surface area (TPSA) is 52.0 Å². The lowest BCUT2D eigenvalue weighted by atomic mass is 10.1. The van der Waals surface area contributed by atoms with Crippen molar-refractivity contribution in [2.24, 2.45) is 0 Å². The molecule has 0 bridgehead atoms. The van der Waals surface area contributed by atoms with Crippen molar-refractivity contribution in [3.05, 3.63) is 51.0 Å². The van der Waals surface area contributed by atoms with Crippen LogP contribution in [0.1, 0.15) is 0 Å². The molecule has 0 aliphatic heterocycles. The van der Waals surface area contributed by atoms with Crippen LogP contribution >= 0.6 is 22.9 Å². The lowest BCUT2D eigenvalue weighted by Gasteiger charge is -2.03. The van der Waals surface area contributed by atoms with Gasteiger partial charge in [-0.1, -0.05) is 17.7 Å². The van der Waals surface area contributed by atoms with Crippen LogP contribution in [0.25, 0.3) is 21.2 Å². The highest BCUT2D eigenvalue weighted by atomic mass is 35.5. The SMILES string of the molecule is O=CCn1ncc2scc(-c3ccc(F)c(Cl)c3)c2c1=O. The number of benzene rings is 1. The monoisotopic (exact) mass is 322 g/mol. The van der Waals surface area contributed by atoms with Crippen LogP contribution in [-0.4, -0.2) is 16.1 Å². The molecular formula is C14H8ClFN2O2S. The van der Waals surface area contributed by atoms with Crippen LogP contribution in [0.2, 0.25) is 5.02 Å². The van der Waals surface area contributed by atoms with Gasteiger partial charge in [0.05, 0.1) is 21.3 Å². The molecule has 21 heavy (non-hydrogen) atoms. The van der Waals surface area contributed by atoms with Crippen molar-refractivity contribution >= 4 is 39.3 Å². The van der Waals surface area contributed by atoms with Crippen molar-refractivity contribution in [2.45, 2.75) is 6.54 Å². The zero-order valence-electron chi connectivity index (χ0n) is 10.5. The molecule has 3 rings (SSSR count). The van der Waals surface area contributed by atoms with Crippen molar-refractivity contribution in [3.8, 4) is 11.1 Å². The predicted molar refractivity (Wildman–Crippen MR) is 80.3 cm³/mol. The van der Waals surface area contributed by atoms with E-state index in [-0.39, 0.29) is 17.1 Å². The summed E-state index contributed by atoms with van der Waals surface area (Å²) in [6.45, 7) is -0.103. The highest BCUT2D eigenvalue weighted by Crippen LogP contribution is 2.33. The number of aromatic nitrogens is 2. The number of fused-ring (bicyclic) bond motifs is 1. The van der Waals surface area contributed by atoms with Gasteiger partial charge in [-0.05, 0) is 17.7 Å². The van der Waals surface area contributed by atoms with Crippen molar-refractivity contribution in [1.29, 1.82) is 0 Å². The molecule has 0 saturated heterocycles. The third kappa shape index (κ3) is 2.36. The summed E-state index contributed by atoms with van der Waals surface area (Å²) in [7, 11) is 0. The quantitative estimate of drug-likeness (QED) is 0.696. The minimum absolute atomic E-state index is 0.00544. The average Bonchev–Trinajstić information content (AvgIpc) is 2.90. The molecule has 0 spiro atoms. The maximum Gasteiger partial charge on any atom is 0.276 e. The van der Waals surface area contributed by atoms with Gasteiger partial charge in [0.25, 0.3) is 5.56 Å². The molecule has 0 saturated carbocycles. The molecule has 106 valence electrons. The number of nitrogens with zero attached hydrogens (tertiary/aromatic N) is 2. The van der Waals surface area contributed by atoms with Gasteiger partial charge in [0.2, 0.25) is 0 Å². The summed E-state index contributed by atoms with van der Waals surface area (Å²) in [6.07, 6.45) is 2.15. The van der Waals surface area contributed by atoms with Crippen LogP contribution in [0.3, 0.4) is 0 Å². The summed E-state index contributed by atoms with van der Waals surface area (Å²) in [6, 6.07) is 4.29. The van der Waals surface area contributed by atoms with Gasteiger partial charge in [-0.3, -0.25) is 4.79 Å². The van der Waals surface area contributed by atoms with E-state index in [1.807, 2.05) is 0 Å². The fraction of sp³-hybridized carbons (Fsp3) is 0.0714. The second-order valence-electron chi connectivity index (χ2n) is 4.32. The summed E-state index contributed by atoms with van der Waals surface area (Å²) >= 11 is 7.15. The lowest BCUT2D eigenvalue weighted by molar-refractivity contribution is -0.108. The predicted octanol–water partition coefficient (Wildman–Crippen LogP) is 3.12. The van der Waals surface area contributed by atoms with E-state index in [0.29, 0.717) is 27.5 Å². The molecule has 7 heteroatoms. The second kappa shape index (κ2) is 5.38. The van der Waals surface area contributed by atoms with Crippen LogP contribution < -0.4 is 5.56 Å². The van der Waals surface area contributed by atoms with Crippen molar-refractivity contribution in [1.82, 2.24) is 9.78 Å². The van der Waals surface area contributed by atoms with Gasteiger partial charge in [-0.25, -0.2) is 9.07 Å². The molecule has 0 fully saturated rings. The molecule has 0 amide bonds. The minimum atomic E-state index is -0.514. The maximum absolute atomic E-state index is 13.3. The number of thiophene rings is 1. The largest absolute Gasteiger partial charge is 0.301 e. The van der Waals surface area contributed by atoms with Gasteiger partial charge >= 0.3 is 0 Å². The molecule has 3 aromatic rings. The Morgan fingerprint density at radius 1 is 1.43 bits per heavy atom. The lowest BCUT2D eigenvalue weighted by Crippen LogP contribution is -2.23. The third-order valence-corrected chi connectivity index (χ3v) is 4.27. The highest BCUT2D eigenvalue weighted by Gasteiger charge is 2.14. The van der Waals surface area contributed by atoms with Crippen LogP contribution in [0.4, 0.5) is 4.39 Å². The summed E-state index contributed by atoms with van der Waals surface area (Å²) in [5.74, 6) is -0.514. The molecule has 2 heterocycles. The van der Waals surface area contributed by atoms with E-state index in [9.17, 15) is 14.0 Å². The van der Waals surface area contributed by atoms with Gasteiger partial charge in [0.15, 0.2) is 0 Å². The van der Waals surface area contributed by atoms with Gasteiger partial charge in [-0.15, -0.1) is 11.3 Å². The number of hydrogen-bond acceptors (Lipinski definition) is 4. The van der Waals surface area contributed by atoms with E-state index in [2.05, 4.69) is 5.10 Å². The first-order chi connectivity index (χ1) is 10.1. The highest BCUT2D eigenvalue weighted by molar-refractivity contribution is 7.17. The minimum Gasteiger partial charge on any atom is -0.301 e. The molecular weight excluding hydrogens is 315 g/mol. The van der Waals surface area contributed by atoms with E-state index < -0.39 is 5.82 Å². The number of aldehydes is 1. The van der Waals surface area contributed by atoms with Gasteiger partial charge in [-0.2, -0.15) is 5.10 Å². The molecule has 0 aliphatic rings. The van der Waals surface area contributed by atoms with E-state index in [1.165, 1.54) is 23.5 Å². The number of hydrogen-bond donors (Lipinski definition) is 0. The first-order valence-corrected chi connectivity index (χ1v) is 7.24. The Morgan fingerprint density at radius 2 is 2.24 bits per heavy atom. The van der Waals surface area contributed by atoms with Crippen LogP contribution in [0.5, 0.6) is 0 Å². The summed E-state index contributed by atoms with van der Waals surface area (Å²) in [5, 5.41) is 6.18. The fourth-order valence-electron chi connectivity index (χ4n) is 2.07. The molecule has 0 radical (unpaired) electrons. The first-order valence-electron chi connectivity index (χ1n) is 5.98. The second-order valence-corrected chi connectivity index (χ2v) is 5.63. The molecule has 0 N–H and O–H groups in total. The number of carbonyl (C=O) groups excluding carboxylic acids is 1. The Kier molecular flexibility index (Phi) is 3.57. The standard InChI is InChI=1S/C14H8ClFN2O2S/c15-10-5-8(1-2-11(10)16)9-7-21-12-6-17-18(3-4-19)14(20)13(9)12/h1-2,4-7H,3H2. The van der Waals surface area contributed by atoms with Crippen molar-refractivity contribution < 1.29 is 9.18 Å². The zero-order valence-corrected chi connectivity index (χ0v) is 12.1. The summed E-state index contributed by atoms with van der Waals surface area (Å²) in [5.41, 5.74) is 0.953. The summed E-state index contributed by atoms with van der Waals surface area (Å²) in [4.78, 5) is 22.9. The van der Waals surface area contributed by atoms with E-state index >= 15 is 0 Å². The Morgan fingerprint density at radius 3 is 2.95 bits per heavy atom. The van der Waals surface area contributed by atoms with Gasteiger partial charge in [0, 0.05) is 10.9 Å². The van der Waals surface area contributed by atoms with Crippen LogP contribution in [0, 0.1) is 5.82 Å². The average molecular weight is 323 g/mol. The Balaban J connectivity index is 2.27. The molecule has 4 nitrogen and oxygen atoms in total. The molecule has 2 aromatic heterocycles. The Hall–Kier alpha value is -2.05. The number of carbonyl (C=O) groups is 1. The van der Waals surface area contributed by atoms with Gasteiger partial charge in [0.1, 0.15) is 18.6 Å². The van der Waals surface area contributed by atoms with Crippen molar-refractivity contribution in [3.63, 3.8) is 0 Å². The molecule has 0 aliphatic carbocycles. The van der Waals surface area contributed by atoms with Gasteiger partial charge < -0.3 is 4.79 Å². The number of rotatable bonds is 3. The third-order valence-electron chi connectivity index (χ3n) is 3.06. The molecule has 0 atom stereocenters. The van der Waals surface area contributed by atoms with Crippen LogP contribution in [0.15, 0.2) is 34.6 Å². The summed E-state index contributed by atoms with van der Waals surface area (Å²) < 4.78 is 15.1. The van der Waals surface area contributed by atoms with E-state index in [0.717, 1.165) is 4.68 Å².